The highest BCUT2D eigenvalue weighted by molar-refractivity contribution is 7.23. The molecule has 30 heavy (non-hydrogen) atoms. The van der Waals surface area contributed by atoms with E-state index in [9.17, 15) is 0 Å². The topological polar surface area (TPSA) is 90.9 Å². The van der Waals surface area contributed by atoms with Crippen LogP contribution in [0.15, 0.2) is 29.8 Å². The standard InChI is InChI=1S/C21H23N7S2/c1-3-13(22-5-1)15-7-12(8-24-15)17-10-26-20(29-17)21-27-11-18(30-21)16-9-25-19(28-16)14-4-2-6-23-14/h8-11,13-14,22-23H,1-7H2,(H,25,28)/t13-,14-/m0/s1. The lowest BCUT2D eigenvalue weighted by Crippen LogP contribution is -2.29. The molecule has 3 aliphatic rings. The van der Waals surface area contributed by atoms with Gasteiger partial charge >= 0.3 is 0 Å². The SMILES string of the molecule is C1=C(c2cnc(-c3ncc(-c4cnc([C@@H]5CCCN5)[nH]4)s3)s2)CC([C@@H]2CCCN2)=N1. The minimum absolute atomic E-state index is 0.346. The number of nitrogens with zero attached hydrogens (tertiary/aromatic N) is 4. The number of imidazole rings is 1. The van der Waals surface area contributed by atoms with Crippen molar-refractivity contribution in [2.45, 2.75) is 44.2 Å². The number of H-pyrrole nitrogens is 1. The van der Waals surface area contributed by atoms with E-state index in [1.54, 1.807) is 22.7 Å². The predicted octanol–water partition coefficient (Wildman–Crippen LogP) is 4.02. The molecule has 2 saturated heterocycles. The number of allylic oxidation sites excluding steroid dienone is 1. The van der Waals surface area contributed by atoms with Gasteiger partial charge in [0.05, 0.1) is 27.7 Å². The summed E-state index contributed by atoms with van der Waals surface area (Å²) in [6.07, 6.45) is 13.5. The zero-order chi connectivity index (χ0) is 19.9. The molecule has 6 rings (SSSR count). The zero-order valence-corrected chi connectivity index (χ0v) is 18.2. The Bertz CT molecular complexity index is 1110. The van der Waals surface area contributed by atoms with Crippen molar-refractivity contribution in [1.29, 1.82) is 0 Å². The fraction of sp³-hybridized carbons (Fsp3) is 0.429. The Morgan fingerprint density at radius 3 is 2.33 bits per heavy atom. The van der Waals surface area contributed by atoms with Crippen molar-refractivity contribution in [3.8, 4) is 20.6 Å². The van der Waals surface area contributed by atoms with Gasteiger partial charge in [0, 0.05) is 36.8 Å². The summed E-state index contributed by atoms with van der Waals surface area (Å²) in [5, 5.41) is 8.95. The van der Waals surface area contributed by atoms with Crippen LogP contribution in [0.1, 0.15) is 48.8 Å². The molecule has 0 saturated carbocycles. The summed E-state index contributed by atoms with van der Waals surface area (Å²) in [6.45, 7) is 2.17. The average Bonchev–Trinajstić information content (AvgIpc) is 3.62. The van der Waals surface area contributed by atoms with Crippen LogP contribution in [0.2, 0.25) is 0 Å². The molecule has 3 aromatic heterocycles. The normalized spacial score (nSPS) is 23.9. The number of hydrogen-bond acceptors (Lipinski definition) is 8. The van der Waals surface area contributed by atoms with Crippen molar-refractivity contribution in [3.05, 3.63) is 35.5 Å². The number of aliphatic imine (C=N–C) groups is 1. The van der Waals surface area contributed by atoms with E-state index < -0.39 is 0 Å². The molecule has 2 atom stereocenters. The first-order valence-electron chi connectivity index (χ1n) is 10.5. The summed E-state index contributed by atoms with van der Waals surface area (Å²) in [5.74, 6) is 1.02. The summed E-state index contributed by atoms with van der Waals surface area (Å²) >= 11 is 3.36. The Morgan fingerprint density at radius 2 is 1.57 bits per heavy atom. The minimum atomic E-state index is 0.346. The van der Waals surface area contributed by atoms with E-state index in [2.05, 4.69) is 35.6 Å². The first kappa shape index (κ1) is 18.6. The molecular formula is C21H23N7S2. The molecule has 0 amide bonds. The molecule has 0 bridgehead atoms. The second-order valence-electron chi connectivity index (χ2n) is 7.99. The molecule has 0 aromatic carbocycles. The van der Waals surface area contributed by atoms with Crippen LogP contribution in [0.4, 0.5) is 0 Å². The minimum Gasteiger partial charge on any atom is -0.340 e. The van der Waals surface area contributed by atoms with E-state index in [0.717, 1.165) is 52.3 Å². The van der Waals surface area contributed by atoms with Crippen molar-refractivity contribution in [2.24, 2.45) is 4.99 Å². The number of thiazole rings is 2. The Morgan fingerprint density at radius 1 is 0.833 bits per heavy atom. The fourth-order valence-corrected chi connectivity index (χ4v) is 6.19. The third-order valence-corrected chi connectivity index (χ3v) is 8.23. The molecule has 3 aromatic rings. The maximum Gasteiger partial charge on any atom is 0.152 e. The average molecular weight is 438 g/mol. The first-order valence-corrected chi connectivity index (χ1v) is 12.2. The maximum absolute atomic E-state index is 4.68. The smallest absolute Gasteiger partial charge is 0.152 e. The van der Waals surface area contributed by atoms with Gasteiger partial charge in [-0.2, -0.15) is 0 Å². The van der Waals surface area contributed by atoms with Gasteiger partial charge in [-0.25, -0.2) is 15.0 Å². The Balaban J connectivity index is 1.16. The van der Waals surface area contributed by atoms with Gasteiger partial charge in [0.25, 0.3) is 0 Å². The molecule has 2 fully saturated rings. The van der Waals surface area contributed by atoms with Gasteiger partial charge in [-0.1, -0.05) is 0 Å². The Kier molecular flexibility index (Phi) is 4.83. The van der Waals surface area contributed by atoms with Crippen LogP contribution in [0.3, 0.4) is 0 Å². The zero-order valence-electron chi connectivity index (χ0n) is 16.5. The van der Waals surface area contributed by atoms with Gasteiger partial charge < -0.3 is 15.6 Å². The van der Waals surface area contributed by atoms with E-state index in [1.165, 1.54) is 35.4 Å². The van der Waals surface area contributed by atoms with Crippen LogP contribution in [0.25, 0.3) is 26.2 Å². The quantitative estimate of drug-likeness (QED) is 0.561. The van der Waals surface area contributed by atoms with Crippen LogP contribution in [0, 0.1) is 0 Å². The molecule has 3 N–H and O–H groups in total. The molecular weight excluding hydrogens is 414 g/mol. The maximum atomic E-state index is 4.68. The number of nitrogens with one attached hydrogen (secondary N) is 3. The Labute approximate surface area is 182 Å². The molecule has 0 unspecified atom stereocenters. The number of rotatable bonds is 5. The van der Waals surface area contributed by atoms with Crippen molar-refractivity contribution >= 4 is 34.0 Å². The van der Waals surface area contributed by atoms with E-state index >= 15 is 0 Å². The lowest BCUT2D eigenvalue weighted by atomic mass is 10.0. The van der Waals surface area contributed by atoms with Crippen molar-refractivity contribution < 1.29 is 0 Å². The van der Waals surface area contributed by atoms with E-state index in [1.807, 2.05) is 24.8 Å². The monoisotopic (exact) mass is 437 g/mol. The highest BCUT2D eigenvalue weighted by Gasteiger charge is 2.25. The number of hydrogen-bond donors (Lipinski definition) is 3. The largest absolute Gasteiger partial charge is 0.340 e. The van der Waals surface area contributed by atoms with Crippen LogP contribution in [-0.2, 0) is 0 Å². The van der Waals surface area contributed by atoms with Crippen molar-refractivity contribution in [1.82, 2.24) is 30.6 Å². The molecule has 0 radical (unpaired) electrons. The molecule has 0 aliphatic carbocycles. The lowest BCUT2D eigenvalue weighted by Gasteiger charge is -2.09. The van der Waals surface area contributed by atoms with Gasteiger partial charge in [0.1, 0.15) is 5.82 Å². The van der Waals surface area contributed by atoms with E-state index in [-0.39, 0.29) is 0 Å². The van der Waals surface area contributed by atoms with Crippen LogP contribution in [0.5, 0.6) is 0 Å². The molecule has 9 heteroatoms. The summed E-state index contributed by atoms with van der Waals surface area (Å²) in [4.78, 5) is 24.3. The van der Waals surface area contributed by atoms with Crippen molar-refractivity contribution in [3.63, 3.8) is 0 Å². The highest BCUT2D eigenvalue weighted by Crippen LogP contribution is 2.37. The van der Waals surface area contributed by atoms with Crippen LogP contribution in [-0.4, -0.2) is 44.8 Å². The Hall–Kier alpha value is -2.20. The highest BCUT2D eigenvalue weighted by atomic mass is 32.1. The summed E-state index contributed by atoms with van der Waals surface area (Å²) < 4.78 is 0. The molecule has 154 valence electrons. The summed E-state index contributed by atoms with van der Waals surface area (Å²) in [6, 6.07) is 0.797. The third kappa shape index (κ3) is 3.45. The van der Waals surface area contributed by atoms with Crippen LogP contribution < -0.4 is 10.6 Å². The van der Waals surface area contributed by atoms with Gasteiger partial charge in [-0.3, -0.25) is 4.99 Å². The van der Waals surface area contributed by atoms with Gasteiger partial charge in [-0.15, -0.1) is 22.7 Å². The number of aromatic amines is 1. The fourth-order valence-electron chi connectivity index (χ4n) is 4.36. The third-order valence-electron chi connectivity index (χ3n) is 5.98. The van der Waals surface area contributed by atoms with Gasteiger partial charge in [0.15, 0.2) is 10.0 Å². The second kappa shape index (κ2) is 7.81. The molecule has 7 nitrogen and oxygen atoms in total. The summed E-state index contributed by atoms with van der Waals surface area (Å²) in [7, 11) is 0. The van der Waals surface area contributed by atoms with E-state index in [0.29, 0.717) is 12.1 Å². The first-order chi connectivity index (χ1) is 14.8. The lowest BCUT2D eigenvalue weighted by molar-refractivity contribution is 0.613. The summed E-state index contributed by atoms with van der Waals surface area (Å²) in [5.41, 5.74) is 3.56. The molecule has 0 spiro atoms. The molecule has 6 heterocycles. The van der Waals surface area contributed by atoms with Gasteiger partial charge in [-0.05, 0) is 44.3 Å². The van der Waals surface area contributed by atoms with Crippen molar-refractivity contribution in [2.75, 3.05) is 13.1 Å². The van der Waals surface area contributed by atoms with E-state index in [4.69, 9.17) is 0 Å². The van der Waals surface area contributed by atoms with Gasteiger partial charge in [0.2, 0.25) is 0 Å². The van der Waals surface area contributed by atoms with Crippen LogP contribution >= 0.6 is 22.7 Å². The predicted molar refractivity (Wildman–Crippen MR) is 122 cm³/mol. The second-order valence-corrected chi connectivity index (χ2v) is 10.1. The number of aromatic nitrogens is 4. The molecule has 3 aliphatic heterocycles.